The Morgan fingerprint density at radius 1 is 1.07 bits per heavy atom. The van der Waals surface area contributed by atoms with Gasteiger partial charge in [-0.25, -0.2) is 4.98 Å². The molecule has 0 saturated heterocycles. The molecule has 0 saturated carbocycles. The van der Waals surface area contributed by atoms with Crippen LogP contribution in [0.2, 0.25) is 0 Å². The van der Waals surface area contributed by atoms with Gasteiger partial charge in [-0.15, -0.1) is 0 Å². The first-order chi connectivity index (χ1) is 14.1. The first-order valence-corrected chi connectivity index (χ1v) is 8.90. The van der Waals surface area contributed by atoms with Crippen LogP contribution in [0.1, 0.15) is 21.5 Å². The van der Waals surface area contributed by atoms with E-state index < -0.39 is 11.3 Å². The maximum Gasteiger partial charge on any atom is 0.271 e. The van der Waals surface area contributed by atoms with Crippen molar-refractivity contribution in [3.8, 4) is 17.5 Å². The topological polar surface area (TPSA) is 96.0 Å². The highest BCUT2D eigenvalue weighted by atomic mass is 16.3. The van der Waals surface area contributed by atoms with Crippen LogP contribution in [-0.2, 0) is 6.42 Å². The molecular weight excluding hydrogens is 366 g/mol. The van der Waals surface area contributed by atoms with E-state index in [9.17, 15) is 20.0 Å². The quantitative estimate of drug-likeness (QED) is 0.547. The minimum absolute atomic E-state index is 0.0202. The molecule has 2 aromatic heterocycles. The molecule has 6 heteroatoms. The Kier molecular flexibility index (Phi) is 4.63. The van der Waals surface area contributed by atoms with Gasteiger partial charge in [-0.05, 0) is 35.9 Å². The van der Waals surface area contributed by atoms with Crippen LogP contribution in [0.5, 0.6) is 5.75 Å². The molecule has 29 heavy (non-hydrogen) atoms. The van der Waals surface area contributed by atoms with Gasteiger partial charge in [0.2, 0.25) is 0 Å². The Morgan fingerprint density at radius 2 is 1.86 bits per heavy atom. The Balaban J connectivity index is 1.98. The van der Waals surface area contributed by atoms with Crippen molar-refractivity contribution in [2.75, 3.05) is 0 Å². The molecule has 140 valence electrons. The molecular formula is C23H15N3O3. The average Bonchev–Trinajstić information content (AvgIpc) is 2.75. The lowest BCUT2D eigenvalue weighted by Crippen LogP contribution is -2.27. The molecule has 1 N–H and O–H groups in total. The van der Waals surface area contributed by atoms with E-state index in [4.69, 9.17) is 0 Å². The van der Waals surface area contributed by atoms with Gasteiger partial charge in [0.05, 0.1) is 22.7 Å². The molecule has 6 nitrogen and oxygen atoms in total. The van der Waals surface area contributed by atoms with E-state index in [-0.39, 0.29) is 28.8 Å². The summed E-state index contributed by atoms with van der Waals surface area (Å²) >= 11 is 0. The van der Waals surface area contributed by atoms with Crippen LogP contribution in [-0.4, -0.2) is 20.4 Å². The van der Waals surface area contributed by atoms with E-state index in [1.807, 2.05) is 12.1 Å². The second-order valence-corrected chi connectivity index (χ2v) is 6.49. The van der Waals surface area contributed by atoms with Gasteiger partial charge >= 0.3 is 0 Å². The zero-order chi connectivity index (χ0) is 20.4. The maximum atomic E-state index is 13.3. The molecule has 0 fully saturated rings. The summed E-state index contributed by atoms with van der Waals surface area (Å²) in [6.07, 6.45) is 1.48. The fraction of sp³-hybridized carbons (Fsp3) is 0.0435. The van der Waals surface area contributed by atoms with Gasteiger partial charge in [-0.2, -0.15) is 5.26 Å². The van der Waals surface area contributed by atoms with Crippen LogP contribution in [0.15, 0.2) is 77.7 Å². The zero-order valence-electron chi connectivity index (χ0n) is 15.2. The van der Waals surface area contributed by atoms with Crippen LogP contribution in [0.3, 0.4) is 0 Å². The number of nitrogens with zero attached hydrogens (tertiary/aromatic N) is 3. The average molecular weight is 381 g/mol. The third kappa shape index (κ3) is 3.26. The predicted molar refractivity (Wildman–Crippen MR) is 108 cm³/mol. The number of Topliss-reactive ketones (excluding diaryl/α,β-unsaturated/α-hetero) is 1. The van der Waals surface area contributed by atoms with Crippen LogP contribution >= 0.6 is 0 Å². The van der Waals surface area contributed by atoms with E-state index in [0.717, 1.165) is 5.56 Å². The summed E-state index contributed by atoms with van der Waals surface area (Å²) in [4.78, 5) is 30.5. The molecule has 4 rings (SSSR count). The molecule has 2 heterocycles. The summed E-state index contributed by atoms with van der Waals surface area (Å²) in [5.41, 5.74) is 0.735. The highest BCUT2D eigenvalue weighted by Crippen LogP contribution is 2.27. The second kappa shape index (κ2) is 7.41. The number of benzene rings is 2. The fourth-order valence-electron chi connectivity index (χ4n) is 3.28. The monoisotopic (exact) mass is 381 g/mol. The normalized spacial score (nSPS) is 10.6. The number of aromatic nitrogens is 2. The van der Waals surface area contributed by atoms with Crippen molar-refractivity contribution in [1.29, 1.82) is 5.26 Å². The number of hydrogen-bond donors (Lipinski definition) is 1. The minimum atomic E-state index is -0.676. The lowest BCUT2D eigenvalue weighted by molar-refractivity contribution is 0.0989. The predicted octanol–water partition coefficient (Wildman–Crippen LogP) is 3.39. The number of fused-ring (bicyclic) bond motifs is 1. The van der Waals surface area contributed by atoms with Crippen LogP contribution in [0, 0.1) is 11.3 Å². The van der Waals surface area contributed by atoms with Crippen LogP contribution in [0.4, 0.5) is 0 Å². The number of hydrogen-bond acceptors (Lipinski definition) is 5. The molecule has 0 amide bonds. The first kappa shape index (κ1) is 18.1. The van der Waals surface area contributed by atoms with Gasteiger partial charge in [-0.1, -0.05) is 36.4 Å². The van der Waals surface area contributed by atoms with Crippen molar-refractivity contribution in [2.45, 2.75) is 6.42 Å². The summed E-state index contributed by atoms with van der Waals surface area (Å²) < 4.78 is 1.26. The summed E-state index contributed by atoms with van der Waals surface area (Å²) in [5.74, 6) is -0.874. The second-order valence-electron chi connectivity index (χ2n) is 6.49. The number of nitriles is 1. The number of carbonyl (C=O) groups excluding carboxylic acids is 1. The standard InChI is InChI=1S/C23H15N3O3/c24-14-16-8-4-9-17(12-16)26-22-18(10-5-11-25-22)21(28)20(23(26)29)19(27)13-15-6-2-1-3-7-15/h1-12,28H,13H2. The molecule has 0 atom stereocenters. The number of rotatable bonds is 4. The lowest BCUT2D eigenvalue weighted by atomic mass is 10.0. The molecule has 4 aromatic rings. The molecule has 0 radical (unpaired) electrons. The fourth-order valence-corrected chi connectivity index (χ4v) is 3.28. The first-order valence-electron chi connectivity index (χ1n) is 8.90. The summed E-state index contributed by atoms with van der Waals surface area (Å²) in [5, 5.41) is 20.2. The van der Waals surface area contributed by atoms with E-state index in [1.54, 1.807) is 54.6 Å². The summed E-state index contributed by atoms with van der Waals surface area (Å²) in [6, 6.07) is 20.7. The van der Waals surface area contributed by atoms with Crippen molar-refractivity contribution in [1.82, 2.24) is 9.55 Å². The molecule has 0 aliphatic heterocycles. The minimum Gasteiger partial charge on any atom is -0.506 e. The van der Waals surface area contributed by atoms with Crippen molar-refractivity contribution >= 4 is 16.8 Å². The van der Waals surface area contributed by atoms with Crippen molar-refractivity contribution in [3.05, 3.63) is 100.0 Å². The van der Waals surface area contributed by atoms with Gasteiger partial charge in [0, 0.05) is 12.6 Å². The highest BCUT2D eigenvalue weighted by molar-refractivity contribution is 6.04. The zero-order valence-corrected chi connectivity index (χ0v) is 15.2. The number of carbonyl (C=O) groups is 1. The summed E-state index contributed by atoms with van der Waals surface area (Å²) in [7, 11) is 0. The van der Waals surface area contributed by atoms with Gasteiger partial charge in [-0.3, -0.25) is 14.2 Å². The molecule has 0 aliphatic carbocycles. The van der Waals surface area contributed by atoms with Crippen molar-refractivity contribution in [2.24, 2.45) is 0 Å². The Labute approximate surface area is 165 Å². The Hall–Kier alpha value is -4.24. The van der Waals surface area contributed by atoms with Crippen molar-refractivity contribution < 1.29 is 9.90 Å². The van der Waals surface area contributed by atoms with Gasteiger partial charge < -0.3 is 5.11 Å². The molecule has 0 spiro atoms. The van der Waals surface area contributed by atoms with Gasteiger partial charge in [0.15, 0.2) is 11.4 Å². The van der Waals surface area contributed by atoms with Crippen molar-refractivity contribution in [3.63, 3.8) is 0 Å². The smallest absolute Gasteiger partial charge is 0.271 e. The third-order valence-electron chi connectivity index (χ3n) is 4.63. The number of aromatic hydroxyl groups is 1. The highest BCUT2D eigenvalue weighted by Gasteiger charge is 2.23. The molecule has 0 unspecified atom stereocenters. The Morgan fingerprint density at radius 3 is 2.62 bits per heavy atom. The number of ketones is 1. The maximum absolute atomic E-state index is 13.3. The summed E-state index contributed by atoms with van der Waals surface area (Å²) in [6.45, 7) is 0. The Bertz CT molecular complexity index is 1340. The molecule has 0 bridgehead atoms. The van der Waals surface area contributed by atoms with E-state index in [0.29, 0.717) is 11.3 Å². The van der Waals surface area contributed by atoms with Crippen LogP contribution in [0.25, 0.3) is 16.7 Å². The number of pyridine rings is 2. The SMILES string of the molecule is N#Cc1cccc(-n2c(=O)c(C(=O)Cc3ccccc3)c(O)c3cccnc32)c1. The van der Waals surface area contributed by atoms with Gasteiger partial charge in [0.1, 0.15) is 11.3 Å². The molecule has 2 aromatic carbocycles. The lowest BCUT2D eigenvalue weighted by Gasteiger charge is -2.14. The largest absolute Gasteiger partial charge is 0.506 e. The van der Waals surface area contributed by atoms with Gasteiger partial charge in [0.25, 0.3) is 5.56 Å². The molecule has 0 aliphatic rings. The van der Waals surface area contributed by atoms with E-state index >= 15 is 0 Å². The van der Waals surface area contributed by atoms with Crippen LogP contribution < -0.4 is 5.56 Å². The van der Waals surface area contributed by atoms with E-state index in [2.05, 4.69) is 4.98 Å². The van der Waals surface area contributed by atoms with E-state index in [1.165, 1.54) is 16.8 Å². The third-order valence-corrected chi connectivity index (χ3v) is 4.63.